The molecule has 1 aliphatic heterocycles. The number of carbonyl (C=O) groups is 2. The van der Waals surface area contributed by atoms with E-state index in [4.69, 9.17) is 0 Å². The Morgan fingerprint density at radius 1 is 1.20 bits per heavy atom. The monoisotopic (exact) mass is 399 g/mol. The summed E-state index contributed by atoms with van der Waals surface area (Å²) in [6.45, 7) is 3.27. The van der Waals surface area contributed by atoms with E-state index in [0.29, 0.717) is 30.0 Å². The summed E-state index contributed by atoms with van der Waals surface area (Å²) < 4.78 is 3.79. The minimum Gasteiger partial charge on any atom is -0.349 e. The van der Waals surface area contributed by atoms with E-state index in [0.717, 1.165) is 16.5 Å². The number of anilines is 1. The van der Waals surface area contributed by atoms with Crippen molar-refractivity contribution in [3.8, 4) is 0 Å². The van der Waals surface area contributed by atoms with Gasteiger partial charge in [0.1, 0.15) is 5.69 Å². The summed E-state index contributed by atoms with van der Waals surface area (Å²) in [6, 6.07) is 17.5. The van der Waals surface area contributed by atoms with Crippen molar-refractivity contribution >= 4 is 28.4 Å². The SMILES string of the molecule is C[C@H]1CNC(=O)c2cc3ccc(C(=O)Nc4cnn(Cc5ccccc5)c4)cc3n21. The fourth-order valence-corrected chi connectivity index (χ4v) is 3.92. The van der Waals surface area contributed by atoms with Gasteiger partial charge < -0.3 is 15.2 Å². The molecule has 1 aliphatic rings. The third-order valence-electron chi connectivity index (χ3n) is 5.41. The molecule has 30 heavy (non-hydrogen) atoms. The van der Waals surface area contributed by atoms with Crippen LogP contribution in [0.15, 0.2) is 67.0 Å². The fraction of sp³-hybridized carbons (Fsp3) is 0.174. The van der Waals surface area contributed by atoms with Crippen LogP contribution >= 0.6 is 0 Å². The minimum absolute atomic E-state index is 0.0823. The molecule has 2 aromatic carbocycles. The first kappa shape index (κ1) is 18.2. The lowest BCUT2D eigenvalue weighted by molar-refractivity contribution is 0.0919. The first-order valence-electron chi connectivity index (χ1n) is 9.89. The zero-order chi connectivity index (χ0) is 20.7. The number of nitrogens with one attached hydrogen (secondary N) is 2. The van der Waals surface area contributed by atoms with Gasteiger partial charge in [-0.25, -0.2) is 0 Å². The van der Waals surface area contributed by atoms with Crippen LogP contribution in [0.4, 0.5) is 5.69 Å². The molecule has 0 spiro atoms. The van der Waals surface area contributed by atoms with Crippen molar-refractivity contribution < 1.29 is 9.59 Å². The van der Waals surface area contributed by atoms with Crippen molar-refractivity contribution in [2.24, 2.45) is 0 Å². The Kier molecular flexibility index (Phi) is 4.35. The molecule has 2 amide bonds. The topological polar surface area (TPSA) is 81.0 Å². The summed E-state index contributed by atoms with van der Waals surface area (Å²) in [5.74, 6) is -0.291. The highest BCUT2D eigenvalue weighted by Gasteiger charge is 2.24. The summed E-state index contributed by atoms with van der Waals surface area (Å²) in [5, 5.41) is 11.1. The number of hydrogen-bond donors (Lipinski definition) is 2. The van der Waals surface area contributed by atoms with Crippen molar-refractivity contribution in [2.45, 2.75) is 19.5 Å². The second kappa shape index (κ2) is 7.18. The summed E-state index contributed by atoms with van der Waals surface area (Å²) in [7, 11) is 0. The summed E-state index contributed by atoms with van der Waals surface area (Å²) in [4.78, 5) is 25.0. The molecule has 7 heteroatoms. The molecule has 0 saturated heterocycles. The van der Waals surface area contributed by atoms with E-state index in [1.54, 1.807) is 16.9 Å². The third kappa shape index (κ3) is 3.24. The molecule has 0 radical (unpaired) electrons. The van der Waals surface area contributed by atoms with Gasteiger partial charge >= 0.3 is 0 Å². The number of benzene rings is 2. The smallest absolute Gasteiger partial charge is 0.268 e. The summed E-state index contributed by atoms with van der Waals surface area (Å²) in [5.41, 5.74) is 3.83. The average molecular weight is 399 g/mol. The molecule has 2 aromatic heterocycles. The maximum Gasteiger partial charge on any atom is 0.268 e. The molecule has 4 aromatic rings. The minimum atomic E-state index is -0.209. The molecule has 150 valence electrons. The normalized spacial score (nSPS) is 15.6. The van der Waals surface area contributed by atoms with Crippen LogP contribution in [0.25, 0.3) is 10.9 Å². The van der Waals surface area contributed by atoms with Gasteiger partial charge in [0.25, 0.3) is 11.8 Å². The highest BCUT2D eigenvalue weighted by molar-refractivity contribution is 6.07. The first-order valence-corrected chi connectivity index (χ1v) is 9.89. The highest BCUT2D eigenvalue weighted by Crippen LogP contribution is 2.27. The Balaban J connectivity index is 1.38. The van der Waals surface area contributed by atoms with Crippen LogP contribution in [0.2, 0.25) is 0 Å². The Morgan fingerprint density at radius 3 is 2.87 bits per heavy atom. The molecule has 0 aliphatic carbocycles. The second-order valence-electron chi connectivity index (χ2n) is 7.60. The number of nitrogens with zero attached hydrogens (tertiary/aromatic N) is 3. The number of aromatic nitrogens is 3. The fourth-order valence-electron chi connectivity index (χ4n) is 3.92. The maximum atomic E-state index is 12.8. The van der Waals surface area contributed by atoms with E-state index in [9.17, 15) is 9.59 Å². The van der Waals surface area contributed by atoms with E-state index in [1.807, 2.05) is 59.3 Å². The van der Waals surface area contributed by atoms with E-state index in [2.05, 4.69) is 22.7 Å². The van der Waals surface area contributed by atoms with E-state index >= 15 is 0 Å². The predicted molar refractivity (Wildman–Crippen MR) is 115 cm³/mol. The van der Waals surface area contributed by atoms with Crippen LogP contribution in [0.3, 0.4) is 0 Å². The van der Waals surface area contributed by atoms with Crippen molar-refractivity contribution in [3.63, 3.8) is 0 Å². The van der Waals surface area contributed by atoms with Crippen LogP contribution < -0.4 is 10.6 Å². The standard InChI is InChI=1S/C23H21N5O2/c1-15-11-24-23(30)21-9-17-7-8-18(10-20(17)28(15)21)22(29)26-19-12-25-27(14-19)13-16-5-3-2-4-6-16/h2-10,12,14-15H,11,13H2,1H3,(H,24,30)(H,26,29)/t15-/m0/s1. The average Bonchev–Trinajstić information content (AvgIpc) is 3.36. The van der Waals surface area contributed by atoms with E-state index < -0.39 is 0 Å². The number of rotatable bonds is 4. The van der Waals surface area contributed by atoms with Gasteiger partial charge in [-0.3, -0.25) is 14.3 Å². The van der Waals surface area contributed by atoms with E-state index in [1.165, 1.54) is 0 Å². The number of amides is 2. The zero-order valence-electron chi connectivity index (χ0n) is 16.5. The number of fused-ring (bicyclic) bond motifs is 3. The van der Waals surface area contributed by atoms with Gasteiger partial charge in [0.2, 0.25) is 0 Å². The van der Waals surface area contributed by atoms with Crippen LogP contribution in [-0.2, 0) is 6.54 Å². The Labute approximate surface area is 173 Å². The lowest BCUT2D eigenvalue weighted by atomic mass is 10.1. The van der Waals surface area contributed by atoms with Gasteiger partial charge in [0.05, 0.1) is 18.4 Å². The predicted octanol–water partition coefficient (Wildman–Crippen LogP) is 3.44. The molecule has 3 heterocycles. The van der Waals surface area contributed by atoms with Gasteiger partial charge in [-0.15, -0.1) is 0 Å². The molecule has 0 bridgehead atoms. The Morgan fingerprint density at radius 2 is 2.03 bits per heavy atom. The molecule has 0 unspecified atom stereocenters. The summed E-state index contributed by atoms with van der Waals surface area (Å²) >= 11 is 0. The van der Waals surface area contributed by atoms with E-state index in [-0.39, 0.29) is 17.9 Å². The van der Waals surface area contributed by atoms with Crippen LogP contribution in [-0.4, -0.2) is 32.7 Å². The largest absolute Gasteiger partial charge is 0.349 e. The Hall–Kier alpha value is -3.87. The molecule has 2 N–H and O–H groups in total. The lowest BCUT2D eigenvalue weighted by Gasteiger charge is -2.24. The third-order valence-corrected chi connectivity index (χ3v) is 5.41. The first-order chi connectivity index (χ1) is 14.6. The van der Waals surface area contributed by atoms with Crippen LogP contribution in [0, 0.1) is 0 Å². The van der Waals surface area contributed by atoms with Gasteiger partial charge in [-0.2, -0.15) is 5.10 Å². The second-order valence-corrected chi connectivity index (χ2v) is 7.60. The van der Waals surface area contributed by atoms with Gasteiger partial charge in [-0.05, 0) is 30.7 Å². The molecule has 7 nitrogen and oxygen atoms in total. The molecule has 1 atom stereocenters. The maximum absolute atomic E-state index is 12.8. The molecule has 5 rings (SSSR count). The van der Waals surface area contributed by atoms with Crippen molar-refractivity contribution in [1.29, 1.82) is 0 Å². The van der Waals surface area contributed by atoms with Gasteiger partial charge in [0.15, 0.2) is 0 Å². The number of hydrogen-bond acceptors (Lipinski definition) is 3. The molecular formula is C23H21N5O2. The van der Waals surface area contributed by atoms with Crippen LogP contribution in [0.1, 0.15) is 39.4 Å². The lowest BCUT2D eigenvalue weighted by Crippen LogP contribution is -2.37. The highest BCUT2D eigenvalue weighted by atomic mass is 16.2. The van der Waals surface area contributed by atoms with Crippen LogP contribution in [0.5, 0.6) is 0 Å². The van der Waals surface area contributed by atoms with Crippen molar-refractivity contribution in [3.05, 3.63) is 83.8 Å². The van der Waals surface area contributed by atoms with Crippen molar-refractivity contribution in [2.75, 3.05) is 11.9 Å². The van der Waals surface area contributed by atoms with Gasteiger partial charge in [-0.1, -0.05) is 36.4 Å². The number of carbonyl (C=O) groups excluding carboxylic acids is 2. The summed E-state index contributed by atoms with van der Waals surface area (Å²) in [6.07, 6.45) is 3.46. The molecule has 0 fully saturated rings. The van der Waals surface area contributed by atoms with Gasteiger partial charge in [0, 0.05) is 35.2 Å². The molecule has 0 saturated carbocycles. The quantitative estimate of drug-likeness (QED) is 0.552. The zero-order valence-corrected chi connectivity index (χ0v) is 16.5. The Bertz CT molecular complexity index is 1260. The van der Waals surface area contributed by atoms with Crippen molar-refractivity contribution in [1.82, 2.24) is 19.7 Å². The molecular weight excluding hydrogens is 378 g/mol.